The van der Waals surface area contributed by atoms with Crippen molar-refractivity contribution in [2.45, 2.75) is 13.0 Å². The van der Waals surface area contributed by atoms with Crippen molar-refractivity contribution in [2.75, 3.05) is 6.54 Å². The topological polar surface area (TPSA) is 93.2 Å². The quantitative estimate of drug-likeness (QED) is 0.715. The molecule has 0 saturated heterocycles. The van der Waals surface area contributed by atoms with Gasteiger partial charge in [-0.1, -0.05) is 28.9 Å². The fourth-order valence-electron chi connectivity index (χ4n) is 2.03. The van der Waals surface area contributed by atoms with Crippen LogP contribution in [0.25, 0.3) is 11.4 Å². The zero-order chi connectivity index (χ0) is 16.8. The molecular weight excluding hydrogens is 332 g/mol. The van der Waals surface area contributed by atoms with Gasteiger partial charge in [-0.15, -0.1) is 0 Å². The Labute approximate surface area is 143 Å². The number of amides is 2. The molecule has 0 saturated carbocycles. The van der Waals surface area contributed by atoms with E-state index in [1.54, 1.807) is 30.5 Å². The molecule has 0 aliphatic rings. The molecule has 0 unspecified atom stereocenters. The lowest BCUT2D eigenvalue weighted by Gasteiger charge is -2.04. The summed E-state index contributed by atoms with van der Waals surface area (Å²) in [5.41, 5.74) is 0.779. The van der Waals surface area contributed by atoms with E-state index in [4.69, 9.17) is 20.5 Å². The van der Waals surface area contributed by atoms with Gasteiger partial charge in [-0.05, 0) is 24.3 Å². The maximum absolute atomic E-state index is 11.6. The summed E-state index contributed by atoms with van der Waals surface area (Å²) in [6.45, 7) is 0.708. The van der Waals surface area contributed by atoms with Crippen LogP contribution in [-0.2, 0) is 13.0 Å². The van der Waals surface area contributed by atoms with Crippen molar-refractivity contribution >= 4 is 17.6 Å². The molecule has 0 spiro atoms. The van der Waals surface area contributed by atoms with Gasteiger partial charge in [-0.2, -0.15) is 4.98 Å². The summed E-state index contributed by atoms with van der Waals surface area (Å²) in [7, 11) is 0. The van der Waals surface area contributed by atoms with E-state index >= 15 is 0 Å². The van der Waals surface area contributed by atoms with Crippen LogP contribution < -0.4 is 10.6 Å². The van der Waals surface area contributed by atoms with Gasteiger partial charge in [0.15, 0.2) is 0 Å². The average Bonchev–Trinajstić information content (AvgIpc) is 3.25. The Morgan fingerprint density at radius 2 is 2.12 bits per heavy atom. The molecular formula is C16H15ClN4O3. The molecule has 0 radical (unpaired) electrons. The minimum atomic E-state index is -0.291. The largest absolute Gasteiger partial charge is 0.467 e. The Morgan fingerprint density at radius 3 is 2.92 bits per heavy atom. The summed E-state index contributed by atoms with van der Waals surface area (Å²) in [4.78, 5) is 15.9. The highest BCUT2D eigenvalue weighted by molar-refractivity contribution is 6.30. The fraction of sp³-hybridized carbons (Fsp3) is 0.188. The highest BCUT2D eigenvalue weighted by Crippen LogP contribution is 2.19. The molecule has 2 aromatic heterocycles. The highest BCUT2D eigenvalue weighted by atomic mass is 35.5. The monoisotopic (exact) mass is 346 g/mol. The van der Waals surface area contributed by atoms with Crippen molar-refractivity contribution in [1.82, 2.24) is 20.8 Å². The van der Waals surface area contributed by atoms with Gasteiger partial charge >= 0.3 is 6.03 Å². The molecule has 0 bridgehead atoms. The number of rotatable bonds is 6. The molecule has 0 fully saturated rings. The van der Waals surface area contributed by atoms with Crippen LogP contribution in [0, 0.1) is 0 Å². The van der Waals surface area contributed by atoms with Gasteiger partial charge in [0.05, 0.1) is 12.8 Å². The van der Waals surface area contributed by atoms with Crippen LogP contribution in [0.3, 0.4) is 0 Å². The van der Waals surface area contributed by atoms with Crippen LogP contribution in [0.2, 0.25) is 5.02 Å². The van der Waals surface area contributed by atoms with E-state index in [0.717, 1.165) is 5.56 Å². The van der Waals surface area contributed by atoms with E-state index in [2.05, 4.69) is 20.8 Å². The van der Waals surface area contributed by atoms with Gasteiger partial charge in [-0.25, -0.2) is 4.79 Å². The normalized spacial score (nSPS) is 10.5. The SMILES string of the molecule is O=C(NCCc1nc(-c2cccc(Cl)c2)no1)NCc1ccco1. The van der Waals surface area contributed by atoms with E-state index in [0.29, 0.717) is 42.0 Å². The second kappa shape index (κ2) is 7.65. The lowest BCUT2D eigenvalue weighted by molar-refractivity contribution is 0.239. The van der Waals surface area contributed by atoms with Crippen LogP contribution >= 0.6 is 11.6 Å². The van der Waals surface area contributed by atoms with E-state index in [1.807, 2.05) is 12.1 Å². The molecule has 3 aromatic rings. The second-order valence-electron chi connectivity index (χ2n) is 4.96. The fourth-order valence-corrected chi connectivity index (χ4v) is 2.22. The molecule has 0 atom stereocenters. The van der Waals surface area contributed by atoms with Gasteiger partial charge in [0.25, 0.3) is 0 Å². The predicted octanol–water partition coefficient (Wildman–Crippen LogP) is 3.02. The molecule has 2 heterocycles. The van der Waals surface area contributed by atoms with E-state index in [9.17, 15) is 4.79 Å². The number of hydrogen-bond acceptors (Lipinski definition) is 5. The van der Waals surface area contributed by atoms with Gasteiger partial charge in [-0.3, -0.25) is 0 Å². The third-order valence-electron chi connectivity index (χ3n) is 3.18. The first-order valence-electron chi connectivity index (χ1n) is 7.33. The molecule has 0 aliphatic heterocycles. The Hall–Kier alpha value is -2.80. The van der Waals surface area contributed by atoms with Crippen LogP contribution in [0.5, 0.6) is 0 Å². The number of carbonyl (C=O) groups is 1. The van der Waals surface area contributed by atoms with Gasteiger partial charge in [0.1, 0.15) is 5.76 Å². The average molecular weight is 347 g/mol. The molecule has 124 valence electrons. The van der Waals surface area contributed by atoms with E-state index in [-0.39, 0.29) is 6.03 Å². The van der Waals surface area contributed by atoms with Crippen LogP contribution in [0.4, 0.5) is 4.79 Å². The summed E-state index contributed by atoms with van der Waals surface area (Å²) >= 11 is 5.94. The van der Waals surface area contributed by atoms with Gasteiger partial charge in [0.2, 0.25) is 11.7 Å². The number of urea groups is 1. The van der Waals surface area contributed by atoms with Crippen molar-refractivity contribution in [3.05, 3.63) is 59.3 Å². The minimum absolute atomic E-state index is 0.291. The number of hydrogen-bond donors (Lipinski definition) is 2. The predicted molar refractivity (Wildman–Crippen MR) is 87.4 cm³/mol. The third kappa shape index (κ3) is 4.36. The van der Waals surface area contributed by atoms with Gasteiger partial charge in [0, 0.05) is 23.6 Å². The first-order valence-corrected chi connectivity index (χ1v) is 7.71. The maximum Gasteiger partial charge on any atom is 0.315 e. The molecule has 24 heavy (non-hydrogen) atoms. The smallest absolute Gasteiger partial charge is 0.315 e. The molecule has 7 nitrogen and oxygen atoms in total. The molecule has 1 aromatic carbocycles. The summed E-state index contributed by atoms with van der Waals surface area (Å²) in [6.07, 6.45) is 1.99. The van der Waals surface area contributed by atoms with Crippen LogP contribution in [-0.4, -0.2) is 22.7 Å². The Morgan fingerprint density at radius 1 is 1.21 bits per heavy atom. The van der Waals surface area contributed by atoms with E-state index in [1.165, 1.54) is 0 Å². The number of nitrogens with one attached hydrogen (secondary N) is 2. The molecule has 3 rings (SSSR count). The van der Waals surface area contributed by atoms with E-state index < -0.39 is 0 Å². The first kappa shape index (κ1) is 16.1. The number of benzene rings is 1. The summed E-state index contributed by atoms with van der Waals surface area (Å²) in [5, 5.41) is 9.91. The third-order valence-corrected chi connectivity index (χ3v) is 3.41. The standard InChI is InChI=1S/C16H15ClN4O3/c17-12-4-1-3-11(9-12)15-20-14(24-21-15)6-7-18-16(22)19-10-13-5-2-8-23-13/h1-5,8-9H,6-7,10H2,(H2,18,19,22). The molecule has 2 amide bonds. The first-order chi connectivity index (χ1) is 11.7. The van der Waals surface area contributed by atoms with Crippen molar-refractivity contribution in [2.24, 2.45) is 0 Å². The van der Waals surface area contributed by atoms with Crippen molar-refractivity contribution < 1.29 is 13.7 Å². The number of aromatic nitrogens is 2. The zero-order valence-electron chi connectivity index (χ0n) is 12.7. The Balaban J connectivity index is 1.44. The Kier molecular flexibility index (Phi) is 5.12. The number of furan rings is 1. The molecule has 8 heteroatoms. The Bertz CT molecular complexity index is 801. The van der Waals surface area contributed by atoms with Crippen molar-refractivity contribution in [3.8, 4) is 11.4 Å². The van der Waals surface area contributed by atoms with Crippen molar-refractivity contribution in [3.63, 3.8) is 0 Å². The van der Waals surface area contributed by atoms with Gasteiger partial charge < -0.3 is 19.6 Å². The van der Waals surface area contributed by atoms with Crippen LogP contribution in [0.1, 0.15) is 11.7 Å². The lowest BCUT2D eigenvalue weighted by atomic mass is 10.2. The maximum atomic E-state index is 11.6. The number of halogens is 1. The zero-order valence-corrected chi connectivity index (χ0v) is 13.4. The summed E-state index contributed by atoms with van der Waals surface area (Å²) in [5.74, 6) is 1.60. The minimum Gasteiger partial charge on any atom is -0.467 e. The number of nitrogens with zero attached hydrogens (tertiary/aromatic N) is 2. The van der Waals surface area contributed by atoms with Crippen LogP contribution in [0.15, 0.2) is 51.6 Å². The highest BCUT2D eigenvalue weighted by Gasteiger charge is 2.09. The second-order valence-corrected chi connectivity index (χ2v) is 5.40. The molecule has 2 N–H and O–H groups in total. The van der Waals surface area contributed by atoms with Crippen molar-refractivity contribution in [1.29, 1.82) is 0 Å². The molecule has 0 aliphatic carbocycles. The number of carbonyl (C=O) groups excluding carboxylic acids is 1. The summed E-state index contributed by atoms with van der Waals surface area (Å²) in [6, 6.07) is 10.5. The summed E-state index contributed by atoms with van der Waals surface area (Å²) < 4.78 is 10.3. The lowest BCUT2D eigenvalue weighted by Crippen LogP contribution is -2.36.